The zero-order valence-corrected chi connectivity index (χ0v) is 11.4. The molecule has 3 nitrogen and oxygen atoms in total. The SMILES string of the molecule is O=C(CO)N(c1ccc(Cl)cc1)c1ccccc1Cl. The molecule has 5 heteroatoms. The van der Waals surface area contributed by atoms with E-state index in [1.807, 2.05) is 0 Å². The summed E-state index contributed by atoms with van der Waals surface area (Å²) < 4.78 is 0. The van der Waals surface area contributed by atoms with E-state index in [9.17, 15) is 4.79 Å². The lowest BCUT2D eigenvalue weighted by Crippen LogP contribution is -2.28. The van der Waals surface area contributed by atoms with Gasteiger partial charge in [-0.25, -0.2) is 0 Å². The molecule has 0 aromatic heterocycles. The number of carbonyl (C=O) groups is 1. The Bertz CT molecular complexity index is 584. The number of hydrogen-bond acceptors (Lipinski definition) is 2. The largest absolute Gasteiger partial charge is 0.387 e. The summed E-state index contributed by atoms with van der Waals surface area (Å²) >= 11 is 11.9. The van der Waals surface area contributed by atoms with Crippen molar-refractivity contribution < 1.29 is 9.90 Å². The average molecular weight is 296 g/mol. The van der Waals surface area contributed by atoms with E-state index in [1.54, 1.807) is 48.5 Å². The van der Waals surface area contributed by atoms with Crippen LogP contribution in [0.15, 0.2) is 48.5 Å². The molecule has 0 aliphatic rings. The van der Waals surface area contributed by atoms with Gasteiger partial charge in [-0.05, 0) is 36.4 Å². The normalized spacial score (nSPS) is 10.3. The van der Waals surface area contributed by atoms with Crippen LogP contribution in [0.1, 0.15) is 0 Å². The van der Waals surface area contributed by atoms with Crippen LogP contribution in [0, 0.1) is 0 Å². The second-order valence-electron chi connectivity index (χ2n) is 3.82. The molecule has 0 saturated heterocycles. The average Bonchev–Trinajstić information content (AvgIpc) is 2.43. The Morgan fingerprint density at radius 2 is 1.68 bits per heavy atom. The van der Waals surface area contributed by atoms with Gasteiger partial charge in [0.15, 0.2) is 0 Å². The highest BCUT2D eigenvalue weighted by atomic mass is 35.5. The lowest BCUT2D eigenvalue weighted by atomic mass is 10.2. The Kier molecular flexibility index (Phi) is 4.43. The highest BCUT2D eigenvalue weighted by molar-refractivity contribution is 6.34. The molecule has 0 radical (unpaired) electrons. The van der Waals surface area contributed by atoms with Crippen molar-refractivity contribution in [2.75, 3.05) is 11.5 Å². The lowest BCUT2D eigenvalue weighted by Gasteiger charge is -2.23. The minimum atomic E-state index is -0.603. The molecule has 2 rings (SSSR count). The number of carbonyl (C=O) groups excluding carboxylic acids is 1. The number of nitrogens with zero attached hydrogens (tertiary/aromatic N) is 1. The van der Waals surface area contributed by atoms with Crippen molar-refractivity contribution in [3.63, 3.8) is 0 Å². The predicted octanol–water partition coefficient (Wildman–Crippen LogP) is 3.65. The van der Waals surface area contributed by atoms with Crippen molar-refractivity contribution in [3.8, 4) is 0 Å². The van der Waals surface area contributed by atoms with Crippen molar-refractivity contribution >= 4 is 40.5 Å². The molecule has 0 heterocycles. The number of hydrogen-bond donors (Lipinski definition) is 1. The van der Waals surface area contributed by atoms with Gasteiger partial charge in [0.1, 0.15) is 6.61 Å². The lowest BCUT2D eigenvalue weighted by molar-refractivity contribution is -0.120. The number of aliphatic hydroxyl groups excluding tert-OH is 1. The summed E-state index contributed by atoms with van der Waals surface area (Å²) in [6, 6.07) is 13.7. The summed E-state index contributed by atoms with van der Waals surface area (Å²) in [5.74, 6) is -0.463. The first-order valence-corrected chi connectivity index (χ1v) is 6.33. The van der Waals surface area contributed by atoms with Crippen molar-refractivity contribution in [2.24, 2.45) is 0 Å². The molecule has 0 aliphatic heterocycles. The smallest absolute Gasteiger partial charge is 0.257 e. The third-order valence-electron chi connectivity index (χ3n) is 2.56. The van der Waals surface area contributed by atoms with Crippen LogP contribution in [0.2, 0.25) is 10.0 Å². The zero-order valence-electron chi connectivity index (χ0n) is 9.88. The second kappa shape index (κ2) is 6.06. The van der Waals surface area contributed by atoms with Crippen molar-refractivity contribution in [2.45, 2.75) is 0 Å². The van der Waals surface area contributed by atoms with Crippen LogP contribution in [0.3, 0.4) is 0 Å². The van der Waals surface area contributed by atoms with Gasteiger partial charge in [0.25, 0.3) is 5.91 Å². The van der Waals surface area contributed by atoms with E-state index >= 15 is 0 Å². The molecular weight excluding hydrogens is 285 g/mol. The Morgan fingerprint density at radius 1 is 1.05 bits per heavy atom. The van der Waals surface area contributed by atoms with Crippen LogP contribution in [-0.2, 0) is 4.79 Å². The standard InChI is InChI=1S/C14H11Cl2NO2/c15-10-5-7-11(8-6-10)17(14(19)9-18)13-4-2-1-3-12(13)16/h1-8,18H,9H2. The highest BCUT2D eigenvalue weighted by Gasteiger charge is 2.19. The third-order valence-corrected chi connectivity index (χ3v) is 3.13. The second-order valence-corrected chi connectivity index (χ2v) is 4.66. The van der Waals surface area contributed by atoms with E-state index in [1.165, 1.54) is 4.90 Å². The van der Waals surface area contributed by atoms with Crippen LogP contribution in [0.5, 0.6) is 0 Å². The van der Waals surface area contributed by atoms with Crippen LogP contribution in [0.4, 0.5) is 11.4 Å². The minimum absolute atomic E-state index is 0.430. The van der Waals surface area contributed by atoms with Crippen LogP contribution >= 0.6 is 23.2 Å². The zero-order chi connectivity index (χ0) is 13.8. The summed E-state index contributed by atoms with van der Waals surface area (Å²) in [7, 11) is 0. The predicted molar refractivity (Wildman–Crippen MR) is 77.1 cm³/mol. The fourth-order valence-corrected chi connectivity index (χ4v) is 2.06. The van der Waals surface area contributed by atoms with Gasteiger partial charge < -0.3 is 5.11 Å². The molecular formula is C14H11Cl2NO2. The first-order valence-electron chi connectivity index (χ1n) is 5.57. The molecule has 0 fully saturated rings. The summed E-state index contributed by atoms with van der Waals surface area (Å²) in [6.07, 6.45) is 0. The quantitative estimate of drug-likeness (QED) is 0.939. The molecule has 0 spiro atoms. The molecule has 0 unspecified atom stereocenters. The third kappa shape index (κ3) is 3.07. The number of para-hydroxylation sites is 1. The molecule has 1 amide bonds. The number of anilines is 2. The molecule has 1 N–H and O–H groups in total. The van der Waals surface area contributed by atoms with Crippen LogP contribution < -0.4 is 4.90 Å². The highest BCUT2D eigenvalue weighted by Crippen LogP contribution is 2.32. The maximum Gasteiger partial charge on any atom is 0.257 e. The summed E-state index contributed by atoms with van der Waals surface area (Å²) in [5, 5.41) is 10.1. The topological polar surface area (TPSA) is 40.5 Å². The molecule has 0 saturated carbocycles. The summed E-state index contributed by atoms with van der Waals surface area (Å²) in [4.78, 5) is 13.3. The van der Waals surface area contributed by atoms with Crippen molar-refractivity contribution in [1.29, 1.82) is 0 Å². The monoisotopic (exact) mass is 295 g/mol. The first-order chi connectivity index (χ1) is 9.13. The Balaban J connectivity index is 2.51. The van der Waals surface area contributed by atoms with Gasteiger partial charge in [-0.1, -0.05) is 35.3 Å². The minimum Gasteiger partial charge on any atom is -0.387 e. The van der Waals surface area contributed by atoms with Gasteiger partial charge in [-0.2, -0.15) is 0 Å². The van der Waals surface area contributed by atoms with E-state index in [4.69, 9.17) is 28.3 Å². The Morgan fingerprint density at radius 3 is 2.26 bits per heavy atom. The van der Waals surface area contributed by atoms with Crippen molar-refractivity contribution in [1.82, 2.24) is 0 Å². The fraction of sp³-hybridized carbons (Fsp3) is 0.0714. The Labute approximate surface area is 121 Å². The molecule has 0 bridgehead atoms. The maximum atomic E-state index is 11.9. The fourth-order valence-electron chi connectivity index (χ4n) is 1.71. The van der Waals surface area contributed by atoms with E-state index in [2.05, 4.69) is 0 Å². The van der Waals surface area contributed by atoms with Gasteiger partial charge in [-0.3, -0.25) is 9.69 Å². The van der Waals surface area contributed by atoms with Crippen LogP contribution in [0.25, 0.3) is 0 Å². The van der Waals surface area contributed by atoms with Gasteiger partial charge in [0.05, 0.1) is 10.7 Å². The number of rotatable bonds is 3. The van der Waals surface area contributed by atoms with E-state index in [0.29, 0.717) is 21.4 Å². The number of amides is 1. The van der Waals surface area contributed by atoms with Gasteiger partial charge in [0, 0.05) is 10.7 Å². The first kappa shape index (κ1) is 13.9. The molecule has 98 valence electrons. The van der Waals surface area contributed by atoms with Crippen molar-refractivity contribution in [3.05, 3.63) is 58.6 Å². The van der Waals surface area contributed by atoms with E-state index < -0.39 is 12.5 Å². The molecule has 2 aromatic rings. The number of aliphatic hydroxyl groups is 1. The van der Waals surface area contributed by atoms with Gasteiger partial charge in [0.2, 0.25) is 0 Å². The van der Waals surface area contributed by atoms with E-state index in [-0.39, 0.29) is 0 Å². The molecule has 19 heavy (non-hydrogen) atoms. The molecule has 0 aliphatic carbocycles. The number of benzene rings is 2. The summed E-state index contributed by atoms with van der Waals surface area (Å²) in [5.41, 5.74) is 1.11. The van der Waals surface area contributed by atoms with Gasteiger partial charge in [-0.15, -0.1) is 0 Å². The number of halogens is 2. The van der Waals surface area contributed by atoms with Gasteiger partial charge >= 0.3 is 0 Å². The van der Waals surface area contributed by atoms with Crippen LogP contribution in [-0.4, -0.2) is 17.6 Å². The maximum absolute atomic E-state index is 11.9. The molecule has 0 atom stereocenters. The molecule has 2 aromatic carbocycles. The Hall–Kier alpha value is -1.55. The van der Waals surface area contributed by atoms with E-state index in [0.717, 1.165) is 0 Å². The summed E-state index contributed by atoms with van der Waals surface area (Å²) in [6.45, 7) is -0.603.